The van der Waals surface area contributed by atoms with Gasteiger partial charge in [0.1, 0.15) is 0 Å². The smallest absolute Gasteiger partial charge is 0.213 e. The SMILES string of the molecule is CCNC(=NCC1(CC)CCC1)NCCS(=O)(=O)NCc1ccccc1. The molecule has 1 aromatic rings. The Morgan fingerprint density at radius 1 is 1.15 bits per heavy atom. The van der Waals surface area contributed by atoms with Gasteiger partial charge < -0.3 is 10.6 Å². The van der Waals surface area contributed by atoms with Crippen LogP contribution in [-0.4, -0.2) is 39.8 Å². The van der Waals surface area contributed by atoms with Crippen LogP contribution in [0.4, 0.5) is 0 Å². The Hall–Kier alpha value is -1.60. The minimum Gasteiger partial charge on any atom is -0.357 e. The van der Waals surface area contributed by atoms with Gasteiger partial charge in [0.2, 0.25) is 10.0 Å². The molecular weight excluding hydrogens is 348 g/mol. The van der Waals surface area contributed by atoms with Crippen LogP contribution in [0.2, 0.25) is 0 Å². The number of rotatable bonds is 10. The van der Waals surface area contributed by atoms with Crippen LogP contribution >= 0.6 is 0 Å². The molecule has 1 aromatic carbocycles. The lowest BCUT2D eigenvalue weighted by molar-refractivity contribution is 0.139. The maximum atomic E-state index is 12.2. The van der Waals surface area contributed by atoms with Gasteiger partial charge in [0.25, 0.3) is 0 Å². The third-order valence-electron chi connectivity index (χ3n) is 5.08. The molecule has 26 heavy (non-hydrogen) atoms. The average molecular weight is 381 g/mol. The molecule has 0 heterocycles. The van der Waals surface area contributed by atoms with Crippen LogP contribution in [0.5, 0.6) is 0 Å². The molecule has 0 unspecified atom stereocenters. The first-order valence-corrected chi connectivity index (χ1v) is 11.2. The lowest BCUT2D eigenvalue weighted by Gasteiger charge is -2.40. The highest BCUT2D eigenvalue weighted by Gasteiger charge is 2.34. The van der Waals surface area contributed by atoms with Gasteiger partial charge in [0.15, 0.2) is 5.96 Å². The van der Waals surface area contributed by atoms with E-state index in [0.717, 1.165) is 25.1 Å². The van der Waals surface area contributed by atoms with Crippen molar-refractivity contribution in [3.05, 3.63) is 35.9 Å². The number of guanidine groups is 1. The fourth-order valence-electron chi connectivity index (χ4n) is 3.05. The molecule has 2 rings (SSSR count). The maximum Gasteiger partial charge on any atom is 0.213 e. The van der Waals surface area contributed by atoms with Gasteiger partial charge in [-0.2, -0.15) is 0 Å². The first-order chi connectivity index (χ1) is 12.5. The van der Waals surface area contributed by atoms with Gasteiger partial charge >= 0.3 is 0 Å². The van der Waals surface area contributed by atoms with E-state index in [-0.39, 0.29) is 5.75 Å². The summed E-state index contributed by atoms with van der Waals surface area (Å²) in [5.74, 6) is 0.717. The number of nitrogens with one attached hydrogen (secondary N) is 3. The Kier molecular flexibility index (Phi) is 7.90. The van der Waals surface area contributed by atoms with E-state index in [4.69, 9.17) is 0 Å². The first kappa shape index (κ1) is 20.7. The van der Waals surface area contributed by atoms with Crippen LogP contribution in [0, 0.1) is 5.41 Å². The van der Waals surface area contributed by atoms with Crippen LogP contribution in [0.25, 0.3) is 0 Å². The number of aliphatic imine (C=N–C) groups is 1. The van der Waals surface area contributed by atoms with Gasteiger partial charge in [0.05, 0.1) is 5.75 Å². The summed E-state index contributed by atoms with van der Waals surface area (Å²) in [5, 5.41) is 6.33. The molecule has 1 aliphatic rings. The molecule has 0 spiro atoms. The van der Waals surface area contributed by atoms with E-state index in [9.17, 15) is 8.42 Å². The minimum absolute atomic E-state index is 0.0170. The summed E-state index contributed by atoms with van der Waals surface area (Å²) in [5.41, 5.74) is 1.30. The summed E-state index contributed by atoms with van der Waals surface area (Å²) in [6.07, 6.45) is 4.92. The predicted octanol–water partition coefficient (Wildman–Crippen LogP) is 2.24. The molecule has 0 aromatic heterocycles. The van der Waals surface area contributed by atoms with Crippen molar-refractivity contribution in [1.82, 2.24) is 15.4 Å². The van der Waals surface area contributed by atoms with Crippen LogP contribution in [0.1, 0.15) is 45.1 Å². The van der Waals surface area contributed by atoms with Gasteiger partial charge in [-0.05, 0) is 37.2 Å². The first-order valence-electron chi connectivity index (χ1n) is 9.52. The summed E-state index contributed by atoms with van der Waals surface area (Å²) in [4.78, 5) is 4.67. The number of sulfonamides is 1. The van der Waals surface area contributed by atoms with Gasteiger partial charge in [-0.25, -0.2) is 13.1 Å². The van der Waals surface area contributed by atoms with Gasteiger partial charge in [-0.3, -0.25) is 4.99 Å². The van der Waals surface area contributed by atoms with E-state index >= 15 is 0 Å². The molecule has 1 saturated carbocycles. The number of hydrogen-bond donors (Lipinski definition) is 3. The fourth-order valence-corrected chi connectivity index (χ4v) is 3.96. The van der Waals surface area contributed by atoms with Crippen molar-refractivity contribution in [2.24, 2.45) is 10.4 Å². The van der Waals surface area contributed by atoms with Crippen LogP contribution < -0.4 is 15.4 Å². The average Bonchev–Trinajstić information content (AvgIpc) is 2.60. The zero-order valence-corrected chi connectivity index (χ0v) is 16.7. The molecule has 0 aliphatic heterocycles. The van der Waals surface area contributed by atoms with Crippen molar-refractivity contribution in [3.8, 4) is 0 Å². The highest BCUT2D eigenvalue weighted by atomic mass is 32.2. The van der Waals surface area contributed by atoms with Crippen molar-refractivity contribution in [3.63, 3.8) is 0 Å². The van der Waals surface area contributed by atoms with Gasteiger partial charge in [-0.1, -0.05) is 43.7 Å². The summed E-state index contributed by atoms with van der Waals surface area (Å²) in [6, 6.07) is 9.52. The molecule has 0 atom stereocenters. The van der Waals surface area contributed by atoms with E-state index in [2.05, 4.69) is 27.3 Å². The van der Waals surface area contributed by atoms with Crippen LogP contribution in [0.15, 0.2) is 35.3 Å². The van der Waals surface area contributed by atoms with E-state index in [1.807, 2.05) is 37.3 Å². The van der Waals surface area contributed by atoms with E-state index in [1.165, 1.54) is 19.3 Å². The Morgan fingerprint density at radius 3 is 2.46 bits per heavy atom. The number of hydrogen-bond acceptors (Lipinski definition) is 3. The molecule has 146 valence electrons. The predicted molar refractivity (Wildman–Crippen MR) is 108 cm³/mol. The zero-order chi connectivity index (χ0) is 18.9. The molecule has 0 saturated heterocycles. The molecule has 6 nitrogen and oxygen atoms in total. The molecule has 1 fully saturated rings. The normalized spacial score (nSPS) is 16.8. The van der Waals surface area contributed by atoms with E-state index in [0.29, 0.717) is 24.5 Å². The number of nitrogens with zero attached hydrogens (tertiary/aromatic N) is 1. The standard InChI is InChI=1S/C19H32N4O2S/c1-3-19(11-8-12-19)16-22-18(20-4-2)21-13-14-26(24,25)23-15-17-9-6-5-7-10-17/h5-7,9-10,23H,3-4,8,11-16H2,1-2H3,(H2,20,21,22). The second kappa shape index (κ2) is 9.92. The summed E-state index contributed by atoms with van der Waals surface area (Å²) in [7, 11) is -3.33. The molecule has 0 amide bonds. The van der Waals surface area contributed by atoms with Gasteiger partial charge in [0, 0.05) is 26.2 Å². The third kappa shape index (κ3) is 6.61. The zero-order valence-electron chi connectivity index (χ0n) is 15.9. The Balaban J connectivity index is 1.78. The second-order valence-corrected chi connectivity index (χ2v) is 8.88. The van der Waals surface area contributed by atoms with Crippen molar-refractivity contribution in [1.29, 1.82) is 0 Å². The van der Waals surface area contributed by atoms with Crippen molar-refractivity contribution in [2.45, 2.75) is 46.1 Å². The maximum absolute atomic E-state index is 12.2. The van der Waals surface area contributed by atoms with Crippen molar-refractivity contribution >= 4 is 16.0 Å². The molecule has 3 N–H and O–H groups in total. The summed E-state index contributed by atoms with van der Waals surface area (Å²) < 4.78 is 26.9. The van der Waals surface area contributed by atoms with Crippen molar-refractivity contribution in [2.75, 3.05) is 25.4 Å². The lowest BCUT2D eigenvalue weighted by atomic mass is 9.67. The summed E-state index contributed by atoms with van der Waals surface area (Å²) >= 11 is 0. The molecule has 0 radical (unpaired) electrons. The fraction of sp³-hybridized carbons (Fsp3) is 0.632. The number of benzene rings is 1. The topological polar surface area (TPSA) is 82.6 Å². The quantitative estimate of drug-likeness (QED) is 0.429. The monoisotopic (exact) mass is 380 g/mol. The van der Waals surface area contributed by atoms with E-state index < -0.39 is 10.0 Å². The van der Waals surface area contributed by atoms with Crippen LogP contribution in [0.3, 0.4) is 0 Å². The lowest BCUT2D eigenvalue weighted by Crippen LogP contribution is -2.42. The van der Waals surface area contributed by atoms with E-state index in [1.54, 1.807) is 0 Å². The van der Waals surface area contributed by atoms with Crippen molar-refractivity contribution < 1.29 is 8.42 Å². The largest absolute Gasteiger partial charge is 0.357 e. The molecule has 1 aliphatic carbocycles. The molecule has 7 heteroatoms. The van der Waals surface area contributed by atoms with Gasteiger partial charge in [-0.15, -0.1) is 0 Å². The highest BCUT2D eigenvalue weighted by molar-refractivity contribution is 7.89. The minimum atomic E-state index is -3.33. The third-order valence-corrected chi connectivity index (χ3v) is 6.41. The summed E-state index contributed by atoms with van der Waals surface area (Å²) in [6.45, 7) is 6.43. The Labute approximate surface area is 157 Å². The molecule has 0 bridgehead atoms. The Morgan fingerprint density at radius 2 is 1.88 bits per heavy atom. The second-order valence-electron chi connectivity index (χ2n) is 6.95. The molecular formula is C19H32N4O2S. The highest BCUT2D eigenvalue weighted by Crippen LogP contribution is 2.43. The Bertz CT molecular complexity index is 665. The van der Waals surface area contributed by atoms with Crippen LogP contribution in [-0.2, 0) is 16.6 Å².